The third-order valence-electron chi connectivity index (χ3n) is 2.40. The van der Waals surface area contributed by atoms with Gasteiger partial charge in [0.05, 0.1) is 19.6 Å². The zero-order valence-corrected chi connectivity index (χ0v) is 11.1. The van der Waals surface area contributed by atoms with Gasteiger partial charge in [-0.25, -0.2) is 0 Å². The number of carbonyl (C=O) groups is 2. The minimum Gasteiger partial charge on any atom is -0.481 e. The van der Waals surface area contributed by atoms with Crippen LogP contribution in [-0.4, -0.2) is 42.1 Å². The molecule has 1 N–H and O–H groups in total. The Balaban J connectivity index is 2.53. The van der Waals surface area contributed by atoms with E-state index in [-0.39, 0.29) is 18.7 Å². The Morgan fingerprint density at radius 2 is 2.22 bits per heavy atom. The fourth-order valence-corrected chi connectivity index (χ4v) is 2.18. The van der Waals surface area contributed by atoms with Crippen LogP contribution < -0.4 is 0 Å². The number of hydrogen-bond donors (Lipinski definition) is 1. The van der Waals surface area contributed by atoms with Gasteiger partial charge in [-0.3, -0.25) is 9.59 Å². The van der Waals surface area contributed by atoms with E-state index in [1.807, 2.05) is 17.5 Å². The van der Waals surface area contributed by atoms with E-state index in [0.29, 0.717) is 19.7 Å². The number of carboxylic acids is 1. The van der Waals surface area contributed by atoms with E-state index in [9.17, 15) is 9.59 Å². The molecule has 0 unspecified atom stereocenters. The first kappa shape index (κ1) is 14.7. The number of methoxy groups -OCH3 is 1. The highest BCUT2D eigenvalue weighted by molar-refractivity contribution is 7.09. The van der Waals surface area contributed by atoms with Gasteiger partial charge in [-0.15, -0.1) is 11.3 Å². The summed E-state index contributed by atoms with van der Waals surface area (Å²) in [4.78, 5) is 25.1. The molecule has 18 heavy (non-hydrogen) atoms. The summed E-state index contributed by atoms with van der Waals surface area (Å²) in [6, 6.07) is 3.88. The Hall–Kier alpha value is -1.40. The molecule has 0 spiro atoms. The first-order valence-corrected chi connectivity index (χ1v) is 6.52. The number of ether oxygens (including phenoxy) is 1. The largest absolute Gasteiger partial charge is 0.481 e. The number of amides is 1. The van der Waals surface area contributed by atoms with Crippen LogP contribution in [0.3, 0.4) is 0 Å². The van der Waals surface area contributed by atoms with Crippen LogP contribution in [0.2, 0.25) is 0 Å². The maximum Gasteiger partial charge on any atom is 0.303 e. The van der Waals surface area contributed by atoms with Gasteiger partial charge in [0.25, 0.3) is 0 Å². The van der Waals surface area contributed by atoms with Crippen molar-refractivity contribution in [1.82, 2.24) is 4.90 Å². The number of hydrogen-bond acceptors (Lipinski definition) is 4. The lowest BCUT2D eigenvalue weighted by atomic mass is 10.2. The van der Waals surface area contributed by atoms with Crippen LogP contribution in [0.15, 0.2) is 17.5 Å². The molecule has 0 atom stereocenters. The van der Waals surface area contributed by atoms with Crippen molar-refractivity contribution in [1.29, 1.82) is 0 Å². The number of rotatable bonds is 8. The second-order valence-electron chi connectivity index (χ2n) is 3.78. The molecule has 1 aromatic heterocycles. The van der Waals surface area contributed by atoms with Crippen LogP contribution in [0.5, 0.6) is 0 Å². The molecule has 6 heteroatoms. The molecule has 1 heterocycles. The summed E-state index contributed by atoms with van der Waals surface area (Å²) in [6.45, 7) is 1.44. The Morgan fingerprint density at radius 3 is 2.78 bits per heavy atom. The van der Waals surface area contributed by atoms with Crippen molar-refractivity contribution in [3.8, 4) is 0 Å². The van der Waals surface area contributed by atoms with E-state index >= 15 is 0 Å². The molecule has 0 aliphatic heterocycles. The van der Waals surface area contributed by atoms with Crippen LogP contribution in [0, 0.1) is 0 Å². The van der Waals surface area contributed by atoms with Gasteiger partial charge < -0.3 is 14.7 Å². The average Bonchev–Trinajstić information content (AvgIpc) is 2.84. The summed E-state index contributed by atoms with van der Waals surface area (Å²) >= 11 is 1.58. The molecular weight excluding hydrogens is 254 g/mol. The number of thiophene rings is 1. The summed E-state index contributed by atoms with van der Waals surface area (Å²) in [6.07, 6.45) is -0.100. The summed E-state index contributed by atoms with van der Waals surface area (Å²) in [5, 5.41) is 10.5. The lowest BCUT2D eigenvalue weighted by Gasteiger charge is -2.21. The first-order valence-electron chi connectivity index (χ1n) is 5.64. The highest BCUT2D eigenvalue weighted by Gasteiger charge is 2.15. The molecule has 1 aromatic rings. The van der Waals surface area contributed by atoms with Crippen LogP contribution in [0.25, 0.3) is 0 Å². The van der Waals surface area contributed by atoms with E-state index in [2.05, 4.69) is 0 Å². The molecular formula is C12H17NO4S. The van der Waals surface area contributed by atoms with Gasteiger partial charge in [-0.1, -0.05) is 6.07 Å². The number of nitrogens with zero attached hydrogens (tertiary/aromatic N) is 1. The van der Waals surface area contributed by atoms with E-state index in [1.165, 1.54) is 0 Å². The van der Waals surface area contributed by atoms with Crippen LogP contribution >= 0.6 is 11.3 Å². The van der Waals surface area contributed by atoms with E-state index < -0.39 is 5.97 Å². The number of carboxylic acid groups (broad SMARTS) is 1. The third kappa shape index (κ3) is 5.29. The molecule has 0 fully saturated rings. The van der Waals surface area contributed by atoms with Gasteiger partial charge in [-0.2, -0.15) is 0 Å². The second kappa shape index (κ2) is 7.84. The zero-order chi connectivity index (χ0) is 13.4. The van der Waals surface area contributed by atoms with Crippen molar-refractivity contribution < 1.29 is 19.4 Å². The van der Waals surface area contributed by atoms with Crippen molar-refractivity contribution in [2.24, 2.45) is 0 Å². The molecule has 5 nitrogen and oxygen atoms in total. The second-order valence-corrected chi connectivity index (χ2v) is 4.81. The summed E-state index contributed by atoms with van der Waals surface area (Å²) < 4.78 is 4.96. The lowest BCUT2D eigenvalue weighted by Crippen LogP contribution is -2.33. The smallest absolute Gasteiger partial charge is 0.303 e. The normalized spacial score (nSPS) is 10.3. The molecule has 0 saturated carbocycles. The lowest BCUT2D eigenvalue weighted by molar-refractivity contribution is -0.141. The zero-order valence-electron chi connectivity index (χ0n) is 10.3. The Kier molecular flexibility index (Phi) is 6.38. The molecule has 0 bridgehead atoms. The molecule has 0 aromatic carbocycles. The molecule has 0 aliphatic carbocycles. The van der Waals surface area contributed by atoms with Crippen LogP contribution in [-0.2, 0) is 20.9 Å². The maximum atomic E-state index is 11.9. The van der Waals surface area contributed by atoms with Crippen molar-refractivity contribution in [2.45, 2.75) is 19.4 Å². The molecule has 0 radical (unpaired) electrons. The van der Waals surface area contributed by atoms with Crippen molar-refractivity contribution in [3.63, 3.8) is 0 Å². The topological polar surface area (TPSA) is 66.8 Å². The Labute approximate surface area is 110 Å². The highest BCUT2D eigenvalue weighted by Crippen LogP contribution is 2.13. The number of carbonyl (C=O) groups excluding carboxylic acids is 1. The SMILES string of the molecule is COCCN(Cc1cccs1)C(=O)CCC(=O)O. The van der Waals surface area contributed by atoms with Crippen LogP contribution in [0.1, 0.15) is 17.7 Å². The fraction of sp³-hybridized carbons (Fsp3) is 0.500. The van der Waals surface area contributed by atoms with Crippen molar-refractivity contribution in [2.75, 3.05) is 20.3 Å². The summed E-state index contributed by atoms with van der Waals surface area (Å²) in [5.41, 5.74) is 0. The molecule has 0 saturated heterocycles. The van der Waals surface area contributed by atoms with Gasteiger partial charge in [0.15, 0.2) is 0 Å². The first-order chi connectivity index (χ1) is 8.63. The van der Waals surface area contributed by atoms with Crippen molar-refractivity contribution in [3.05, 3.63) is 22.4 Å². The van der Waals surface area contributed by atoms with Gasteiger partial charge in [0.1, 0.15) is 0 Å². The molecule has 100 valence electrons. The summed E-state index contributed by atoms with van der Waals surface area (Å²) in [5.74, 6) is -1.10. The summed E-state index contributed by atoms with van der Waals surface area (Å²) in [7, 11) is 1.57. The minimum absolute atomic E-state index is 0.0322. The molecule has 0 aliphatic rings. The van der Waals surface area contributed by atoms with E-state index in [1.54, 1.807) is 23.3 Å². The van der Waals surface area contributed by atoms with Crippen molar-refractivity contribution >= 4 is 23.2 Å². The Morgan fingerprint density at radius 1 is 1.44 bits per heavy atom. The van der Waals surface area contributed by atoms with Gasteiger partial charge in [0, 0.05) is 25.0 Å². The van der Waals surface area contributed by atoms with Gasteiger partial charge >= 0.3 is 5.97 Å². The van der Waals surface area contributed by atoms with Gasteiger partial charge in [-0.05, 0) is 11.4 Å². The minimum atomic E-state index is -0.953. The predicted octanol–water partition coefficient (Wildman–Crippen LogP) is 1.59. The standard InChI is InChI=1S/C12H17NO4S/c1-17-7-6-13(9-10-3-2-8-18-10)11(14)4-5-12(15)16/h2-3,8H,4-7,9H2,1H3,(H,15,16). The van der Waals surface area contributed by atoms with E-state index in [0.717, 1.165) is 4.88 Å². The monoisotopic (exact) mass is 271 g/mol. The third-order valence-corrected chi connectivity index (χ3v) is 3.26. The highest BCUT2D eigenvalue weighted by atomic mass is 32.1. The molecule has 1 rings (SSSR count). The fourth-order valence-electron chi connectivity index (χ4n) is 1.46. The Bertz CT molecular complexity index is 377. The van der Waals surface area contributed by atoms with Crippen LogP contribution in [0.4, 0.5) is 0 Å². The average molecular weight is 271 g/mol. The maximum absolute atomic E-state index is 11.9. The quantitative estimate of drug-likeness (QED) is 0.779. The van der Waals surface area contributed by atoms with Gasteiger partial charge in [0.2, 0.25) is 5.91 Å². The molecule has 1 amide bonds. The predicted molar refractivity (Wildman–Crippen MR) is 68.5 cm³/mol. The number of aliphatic carboxylic acids is 1. The van der Waals surface area contributed by atoms with E-state index in [4.69, 9.17) is 9.84 Å².